The topological polar surface area (TPSA) is 0 Å². The van der Waals surface area contributed by atoms with Gasteiger partial charge in [-0.3, -0.25) is 0 Å². The summed E-state index contributed by atoms with van der Waals surface area (Å²) in [6.45, 7) is 15.8. The Hall–Kier alpha value is -0.780. The number of rotatable bonds is 0. The standard InChI is InChI=1S/C15H23/c1-11-12(14(2,3)4)9-8-10-13(11)15(5,6)7/h8-9H,1-7H3. The van der Waals surface area contributed by atoms with Gasteiger partial charge in [0, 0.05) is 0 Å². The highest BCUT2D eigenvalue weighted by Gasteiger charge is 2.22. The van der Waals surface area contributed by atoms with E-state index in [1.165, 1.54) is 16.7 Å². The van der Waals surface area contributed by atoms with Gasteiger partial charge in [-0.1, -0.05) is 53.7 Å². The van der Waals surface area contributed by atoms with E-state index in [0.717, 1.165) is 0 Å². The maximum absolute atomic E-state index is 3.39. The minimum atomic E-state index is 0.186. The van der Waals surface area contributed by atoms with Crippen LogP contribution in [0.15, 0.2) is 12.1 Å². The molecule has 0 atom stereocenters. The maximum Gasteiger partial charge on any atom is -0.0123 e. The van der Waals surface area contributed by atoms with Crippen molar-refractivity contribution < 1.29 is 0 Å². The number of benzene rings is 1. The van der Waals surface area contributed by atoms with Gasteiger partial charge in [-0.15, -0.1) is 0 Å². The van der Waals surface area contributed by atoms with E-state index in [1.807, 2.05) is 0 Å². The van der Waals surface area contributed by atoms with Crippen molar-refractivity contribution in [3.63, 3.8) is 0 Å². The van der Waals surface area contributed by atoms with Gasteiger partial charge in [0.15, 0.2) is 0 Å². The molecule has 0 aliphatic carbocycles. The van der Waals surface area contributed by atoms with Crippen molar-refractivity contribution in [2.45, 2.75) is 59.3 Å². The Balaban J connectivity index is 3.37. The average Bonchev–Trinajstić information content (AvgIpc) is 1.99. The third-order valence-corrected chi connectivity index (χ3v) is 2.81. The fourth-order valence-electron chi connectivity index (χ4n) is 2.17. The molecular weight excluding hydrogens is 180 g/mol. The van der Waals surface area contributed by atoms with Gasteiger partial charge in [0.1, 0.15) is 0 Å². The highest BCUT2D eigenvalue weighted by molar-refractivity contribution is 5.40. The first-order chi connectivity index (χ1) is 6.64. The molecule has 0 aromatic heterocycles. The summed E-state index contributed by atoms with van der Waals surface area (Å²) in [5, 5.41) is 0. The molecule has 0 heterocycles. The molecule has 1 rings (SSSR count). The van der Waals surface area contributed by atoms with E-state index in [9.17, 15) is 0 Å². The molecule has 1 aromatic rings. The zero-order chi connectivity index (χ0) is 11.9. The fraction of sp³-hybridized carbons (Fsp3) is 0.600. The van der Waals surface area contributed by atoms with Crippen molar-refractivity contribution in [3.05, 3.63) is 34.9 Å². The number of hydrogen-bond acceptors (Lipinski definition) is 0. The summed E-state index contributed by atoms with van der Waals surface area (Å²) in [7, 11) is 0. The Morgan fingerprint density at radius 2 is 1.47 bits per heavy atom. The van der Waals surface area contributed by atoms with E-state index in [4.69, 9.17) is 0 Å². The minimum absolute atomic E-state index is 0.186. The van der Waals surface area contributed by atoms with Crippen LogP contribution in [0.25, 0.3) is 0 Å². The Morgan fingerprint density at radius 1 is 0.933 bits per heavy atom. The molecule has 0 spiro atoms. The van der Waals surface area contributed by atoms with Gasteiger partial charge in [-0.25, -0.2) is 0 Å². The first kappa shape index (κ1) is 12.3. The van der Waals surface area contributed by atoms with E-state index >= 15 is 0 Å². The summed E-state index contributed by atoms with van der Waals surface area (Å²) in [6, 6.07) is 7.65. The lowest BCUT2D eigenvalue weighted by Crippen LogP contribution is -2.19. The monoisotopic (exact) mass is 203 g/mol. The van der Waals surface area contributed by atoms with Crippen molar-refractivity contribution >= 4 is 0 Å². The first-order valence-electron chi connectivity index (χ1n) is 5.66. The third-order valence-electron chi connectivity index (χ3n) is 2.81. The van der Waals surface area contributed by atoms with Crippen LogP contribution in [0.2, 0.25) is 0 Å². The third kappa shape index (κ3) is 2.62. The molecule has 0 heteroatoms. The van der Waals surface area contributed by atoms with Gasteiger partial charge in [0.05, 0.1) is 0 Å². The van der Waals surface area contributed by atoms with E-state index in [2.05, 4.69) is 66.7 Å². The second-order valence-corrected chi connectivity index (χ2v) is 6.39. The minimum Gasteiger partial charge on any atom is -0.0576 e. The van der Waals surface area contributed by atoms with Crippen molar-refractivity contribution in [1.82, 2.24) is 0 Å². The van der Waals surface area contributed by atoms with Crippen molar-refractivity contribution in [2.75, 3.05) is 0 Å². The zero-order valence-electron chi connectivity index (χ0n) is 11.2. The van der Waals surface area contributed by atoms with Crippen LogP contribution in [0, 0.1) is 13.0 Å². The lowest BCUT2D eigenvalue weighted by atomic mass is 9.77. The molecule has 0 unspecified atom stereocenters. The normalized spacial score (nSPS) is 13.0. The zero-order valence-corrected chi connectivity index (χ0v) is 11.2. The van der Waals surface area contributed by atoms with Crippen LogP contribution in [-0.2, 0) is 10.8 Å². The van der Waals surface area contributed by atoms with Crippen LogP contribution in [0.5, 0.6) is 0 Å². The lowest BCUT2D eigenvalue weighted by molar-refractivity contribution is 0.560. The summed E-state index contributed by atoms with van der Waals surface area (Å²) < 4.78 is 0. The summed E-state index contributed by atoms with van der Waals surface area (Å²) in [4.78, 5) is 0. The Morgan fingerprint density at radius 3 is 1.87 bits per heavy atom. The van der Waals surface area contributed by atoms with Crippen LogP contribution < -0.4 is 0 Å². The average molecular weight is 203 g/mol. The summed E-state index contributed by atoms with van der Waals surface area (Å²) in [5.74, 6) is 0. The molecule has 0 fully saturated rings. The number of hydrogen-bond donors (Lipinski definition) is 0. The van der Waals surface area contributed by atoms with Crippen molar-refractivity contribution in [1.29, 1.82) is 0 Å². The fourth-order valence-corrected chi connectivity index (χ4v) is 2.17. The van der Waals surface area contributed by atoms with Crippen molar-refractivity contribution in [3.8, 4) is 0 Å². The van der Waals surface area contributed by atoms with Gasteiger partial charge in [0.2, 0.25) is 0 Å². The Labute approximate surface area is 94.7 Å². The summed E-state index contributed by atoms with van der Waals surface area (Å²) in [5.41, 5.74) is 4.59. The highest BCUT2D eigenvalue weighted by Crippen LogP contribution is 2.32. The second-order valence-electron chi connectivity index (χ2n) is 6.39. The molecule has 0 saturated carbocycles. The van der Waals surface area contributed by atoms with Gasteiger partial charge in [0.25, 0.3) is 0 Å². The van der Waals surface area contributed by atoms with Gasteiger partial charge >= 0.3 is 0 Å². The largest absolute Gasteiger partial charge is 0.0576 e. The maximum atomic E-state index is 3.39. The van der Waals surface area contributed by atoms with Gasteiger partial charge < -0.3 is 0 Å². The predicted molar refractivity (Wildman–Crippen MR) is 67.4 cm³/mol. The van der Waals surface area contributed by atoms with Gasteiger partial charge in [-0.2, -0.15) is 0 Å². The lowest BCUT2D eigenvalue weighted by Gasteiger charge is -2.28. The van der Waals surface area contributed by atoms with E-state index in [0.29, 0.717) is 0 Å². The molecule has 0 nitrogen and oxygen atoms in total. The highest BCUT2D eigenvalue weighted by atomic mass is 14.3. The molecule has 1 radical (unpaired) electrons. The molecule has 15 heavy (non-hydrogen) atoms. The summed E-state index contributed by atoms with van der Waals surface area (Å²) in [6.07, 6.45) is 0. The molecule has 0 aliphatic heterocycles. The molecule has 0 amide bonds. The van der Waals surface area contributed by atoms with E-state index < -0.39 is 0 Å². The molecular formula is C15H23. The molecule has 83 valence electrons. The molecule has 0 bridgehead atoms. The molecule has 0 N–H and O–H groups in total. The van der Waals surface area contributed by atoms with Crippen LogP contribution in [0.1, 0.15) is 58.2 Å². The first-order valence-corrected chi connectivity index (χ1v) is 5.66. The quantitative estimate of drug-likeness (QED) is 0.586. The predicted octanol–water partition coefficient (Wildman–Crippen LogP) is 4.39. The SMILES string of the molecule is Cc1c(C(C)(C)C)[c]ccc1C(C)(C)C. The molecule has 0 saturated heterocycles. The molecule has 0 aliphatic rings. The molecule has 1 aromatic carbocycles. The van der Waals surface area contributed by atoms with Crippen molar-refractivity contribution in [2.24, 2.45) is 0 Å². The van der Waals surface area contributed by atoms with Gasteiger partial charge in [-0.05, 0) is 40.5 Å². The second kappa shape index (κ2) is 3.66. The summed E-state index contributed by atoms with van der Waals surface area (Å²) >= 11 is 0. The van der Waals surface area contributed by atoms with Crippen LogP contribution in [0.3, 0.4) is 0 Å². The van der Waals surface area contributed by atoms with Crippen LogP contribution in [0.4, 0.5) is 0 Å². The Bertz CT molecular complexity index is 313. The van der Waals surface area contributed by atoms with E-state index in [-0.39, 0.29) is 10.8 Å². The Kier molecular flexibility index (Phi) is 3.00. The van der Waals surface area contributed by atoms with E-state index in [1.54, 1.807) is 0 Å². The van der Waals surface area contributed by atoms with Crippen LogP contribution in [-0.4, -0.2) is 0 Å². The van der Waals surface area contributed by atoms with Crippen LogP contribution >= 0.6 is 0 Å². The smallest absolute Gasteiger partial charge is 0.0123 e.